The van der Waals surface area contributed by atoms with Gasteiger partial charge in [-0.2, -0.15) is 0 Å². The van der Waals surface area contributed by atoms with Crippen molar-refractivity contribution < 1.29 is 80.2 Å². The smallest absolute Gasteiger partial charge is 0.462 e. The van der Waals surface area contributed by atoms with Crippen molar-refractivity contribution in [2.75, 3.05) is 39.6 Å². The molecular formula is C77H150O17P2. The number of hydrogen-bond donors (Lipinski definition) is 3. The van der Waals surface area contributed by atoms with Crippen LogP contribution in [0.4, 0.5) is 0 Å². The molecule has 0 aliphatic rings. The Morgan fingerprint density at radius 1 is 0.260 bits per heavy atom. The fraction of sp³-hybridized carbons (Fsp3) is 0.948. The van der Waals surface area contributed by atoms with E-state index in [0.717, 1.165) is 114 Å². The minimum atomic E-state index is -4.96. The highest BCUT2D eigenvalue weighted by Gasteiger charge is 2.30. The van der Waals surface area contributed by atoms with Gasteiger partial charge in [0, 0.05) is 25.7 Å². The van der Waals surface area contributed by atoms with E-state index in [9.17, 15) is 43.2 Å². The van der Waals surface area contributed by atoms with Crippen LogP contribution in [0.2, 0.25) is 0 Å². The molecule has 0 radical (unpaired) electrons. The number of unbranched alkanes of at least 4 members (excludes halogenated alkanes) is 40. The first-order valence-electron chi connectivity index (χ1n) is 39.7. The second kappa shape index (κ2) is 66.3. The van der Waals surface area contributed by atoms with Gasteiger partial charge in [-0.15, -0.1) is 0 Å². The fourth-order valence-electron chi connectivity index (χ4n) is 11.7. The van der Waals surface area contributed by atoms with Crippen molar-refractivity contribution >= 4 is 39.5 Å². The number of carbonyl (C=O) groups is 4. The molecule has 0 rings (SSSR count). The van der Waals surface area contributed by atoms with Gasteiger partial charge < -0.3 is 33.8 Å². The molecule has 0 aromatic carbocycles. The highest BCUT2D eigenvalue weighted by molar-refractivity contribution is 7.47. The van der Waals surface area contributed by atoms with Crippen LogP contribution in [0.25, 0.3) is 0 Å². The predicted molar refractivity (Wildman–Crippen MR) is 391 cm³/mol. The molecule has 19 heteroatoms. The minimum Gasteiger partial charge on any atom is -0.462 e. The van der Waals surface area contributed by atoms with Gasteiger partial charge in [0.25, 0.3) is 0 Å². The SMILES string of the molecule is CC(C)CCCCCCCCCCCCCCCC(=O)O[C@H](COC(=O)CCCCCCCCCCCCCC(C)C)COP(=O)(O)OC[C@@H](O)COP(=O)(O)OC[C@@H](COC(=O)CCCCCCCCCCCCC(C)C)OC(=O)CCCCCCCCCCCCC(C)C. The molecule has 570 valence electrons. The quantitative estimate of drug-likeness (QED) is 0.0222. The molecule has 3 N–H and O–H groups in total. The molecule has 17 nitrogen and oxygen atoms in total. The summed E-state index contributed by atoms with van der Waals surface area (Å²) in [4.78, 5) is 72.9. The van der Waals surface area contributed by atoms with Crippen LogP contribution < -0.4 is 0 Å². The maximum absolute atomic E-state index is 13.1. The second-order valence-electron chi connectivity index (χ2n) is 29.7. The lowest BCUT2D eigenvalue weighted by molar-refractivity contribution is -0.161. The summed E-state index contributed by atoms with van der Waals surface area (Å²) in [5.41, 5.74) is 0. The van der Waals surface area contributed by atoms with Crippen LogP contribution in [0.5, 0.6) is 0 Å². The maximum atomic E-state index is 13.1. The second-order valence-corrected chi connectivity index (χ2v) is 32.6. The van der Waals surface area contributed by atoms with Crippen LogP contribution in [0.3, 0.4) is 0 Å². The highest BCUT2D eigenvalue weighted by atomic mass is 31.2. The molecule has 0 spiro atoms. The zero-order chi connectivity index (χ0) is 71.0. The molecule has 0 amide bonds. The third-order valence-electron chi connectivity index (χ3n) is 17.8. The summed E-state index contributed by atoms with van der Waals surface area (Å²) in [6, 6.07) is 0. The summed E-state index contributed by atoms with van der Waals surface area (Å²) in [5, 5.41) is 10.6. The number of ether oxygens (including phenoxy) is 4. The molecule has 0 aromatic heterocycles. The van der Waals surface area contributed by atoms with E-state index >= 15 is 0 Å². The fourth-order valence-corrected chi connectivity index (χ4v) is 13.3. The lowest BCUT2D eigenvalue weighted by Gasteiger charge is -2.21. The van der Waals surface area contributed by atoms with Crippen LogP contribution in [-0.2, 0) is 65.4 Å². The summed E-state index contributed by atoms with van der Waals surface area (Å²) in [5.74, 6) is 0.950. The number of rotatable bonds is 74. The van der Waals surface area contributed by atoms with Crippen LogP contribution in [0, 0.1) is 23.7 Å². The Morgan fingerprint density at radius 2 is 0.438 bits per heavy atom. The molecule has 0 saturated carbocycles. The van der Waals surface area contributed by atoms with E-state index in [4.69, 9.17) is 37.0 Å². The Morgan fingerprint density at radius 3 is 0.646 bits per heavy atom. The van der Waals surface area contributed by atoms with Crippen molar-refractivity contribution in [3.63, 3.8) is 0 Å². The lowest BCUT2D eigenvalue weighted by atomic mass is 10.0. The monoisotopic (exact) mass is 1410 g/mol. The van der Waals surface area contributed by atoms with Crippen LogP contribution >= 0.6 is 15.6 Å². The van der Waals surface area contributed by atoms with E-state index < -0.39 is 97.5 Å². The lowest BCUT2D eigenvalue weighted by Crippen LogP contribution is -2.30. The van der Waals surface area contributed by atoms with Crippen LogP contribution in [0.1, 0.15) is 389 Å². The minimum absolute atomic E-state index is 0.105. The molecule has 0 heterocycles. The molecule has 0 saturated heterocycles. The molecule has 5 atom stereocenters. The maximum Gasteiger partial charge on any atom is 0.472 e. The average molecular weight is 1410 g/mol. The number of phosphoric ester groups is 2. The molecule has 2 unspecified atom stereocenters. The zero-order valence-corrected chi connectivity index (χ0v) is 64.8. The molecule has 0 fully saturated rings. The van der Waals surface area contributed by atoms with Crippen molar-refractivity contribution in [2.45, 2.75) is 408 Å². The summed E-state index contributed by atoms with van der Waals surface area (Å²) >= 11 is 0. The molecule has 0 aromatic rings. The van der Waals surface area contributed by atoms with Crippen LogP contribution in [-0.4, -0.2) is 96.7 Å². The van der Waals surface area contributed by atoms with Gasteiger partial charge in [0.1, 0.15) is 19.3 Å². The normalized spacial score (nSPS) is 14.1. The van der Waals surface area contributed by atoms with Crippen molar-refractivity contribution in [3.8, 4) is 0 Å². The van der Waals surface area contributed by atoms with Gasteiger partial charge in [0.15, 0.2) is 12.2 Å². The van der Waals surface area contributed by atoms with Gasteiger partial charge in [0.2, 0.25) is 0 Å². The van der Waals surface area contributed by atoms with Crippen molar-refractivity contribution in [1.29, 1.82) is 0 Å². The van der Waals surface area contributed by atoms with Gasteiger partial charge >= 0.3 is 39.5 Å². The topological polar surface area (TPSA) is 237 Å². The van der Waals surface area contributed by atoms with Gasteiger partial charge in [-0.25, -0.2) is 9.13 Å². The highest BCUT2D eigenvalue weighted by Crippen LogP contribution is 2.45. The average Bonchev–Trinajstić information content (AvgIpc) is 1.16. The number of aliphatic hydroxyl groups excluding tert-OH is 1. The molecular weight excluding hydrogens is 1260 g/mol. The van der Waals surface area contributed by atoms with E-state index in [1.165, 1.54) is 193 Å². The van der Waals surface area contributed by atoms with Gasteiger partial charge in [0.05, 0.1) is 26.4 Å². The largest absolute Gasteiger partial charge is 0.472 e. The van der Waals surface area contributed by atoms with Gasteiger partial charge in [-0.3, -0.25) is 37.3 Å². The van der Waals surface area contributed by atoms with E-state index in [1.54, 1.807) is 0 Å². The Hall–Kier alpha value is -1.94. The zero-order valence-electron chi connectivity index (χ0n) is 63.0. The Bertz CT molecular complexity index is 1880. The van der Waals surface area contributed by atoms with E-state index in [-0.39, 0.29) is 25.7 Å². The Kier molecular flexibility index (Phi) is 65.0. The molecule has 0 bridgehead atoms. The molecule has 0 aliphatic heterocycles. The summed E-state index contributed by atoms with van der Waals surface area (Å²) in [6.07, 6.45) is 51.2. The number of carbonyl (C=O) groups excluding carboxylic acids is 4. The number of hydrogen-bond acceptors (Lipinski definition) is 15. The van der Waals surface area contributed by atoms with Gasteiger partial charge in [-0.05, 0) is 49.4 Å². The summed E-state index contributed by atoms with van der Waals surface area (Å²) in [7, 11) is -9.92. The first-order chi connectivity index (χ1) is 46.1. The third-order valence-corrected chi connectivity index (χ3v) is 19.7. The predicted octanol–water partition coefficient (Wildman–Crippen LogP) is 22.4. The number of aliphatic hydroxyl groups is 1. The van der Waals surface area contributed by atoms with Crippen molar-refractivity contribution in [1.82, 2.24) is 0 Å². The Labute approximate surface area is 588 Å². The number of phosphoric acid groups is 2. The first-order valence-corrected chi connectivity index (χ1v) is 42.7. The van der Waals surface area contributed by atoms with Gasteiger partial charge in [-0.1, -0.05) is 338 Å². The molecule has 0 aliphatic carbocycles. The third kappa shape index (κ3) is 70.5. The van der Waals surface area contributed by atoms with E-state index in [0.29, 0.717) is 25.7 Å². The summed E-state index contributed by atoms with van der Waals surface area (Å²) in [6.45, 7) is 14.2. The Balaban J connectivity index is 5.28. The molecule has 96 heavy (non-hydrogen) atoms. The van der Waals surface area contributed by atoms with E-state index in [1.807, 2.05) is 0 Å². The standard InChI is InChI=1S/C77H150O17P2/c1-67(2)53-45-37-29-21-13-10-9-11-15-27-35-43-51-59-76(81)93-72(63-87-74(79)57-49-41-33-25-16-12-14-22-30-38-46-54-68(3)4)65-91-95(83,84)89-61-71(78)62-90-96(85,86)92-66-73(94-77(82)60-52-44-36-28-20-18-24-32-40-48-56-70(7)8)64-88-75(80)58-50-42-34-26-19-17-23-31-39-47-55-69(5)6/h67-73,78H,9-66H2,1-8H3,(H,83,84)(H,85,86)/t71-,72-,73-/m1/s1. The van der Waals surface area contributed by atoms with Crippen molar-refractivity contribution in [3.05, 3.63) is 0 Å². The van der Waals surface area contributed by atoms with E-state index in [2.05, 4.69) is 55.4 Å². The van der Waals surface area contributed by atoms with Crippen molar-refractivity contribution in [2.24, 2.45) is 23.7 Å². The first kappa shape index (κ1) is 94.1. The summed E-state index contributed by atoms with van der Waals surface area (Å²) < 4.78 is 68.6. The van der Waals surface area contributed by atoms with Crippen LogP contribution in [0.15, 0.2) is 0 Å². The number of esters is 4.